The molecule has 0 aliphatic rings. The molecule has 0 fully saturated rings. The summed E-state index contributed by atoms with van der Waals surface area (Å²) in [5, 5.41) is 13.7. The molecule has 23 heavy (non-hydrogen) atoms. The highest BCUT2D eigenvalue weighted by Gasteiger charge is 2.20. The highest BCUT2D eigenvalue weighted by molar-refractivity contribution is 6.07. The number of carbonyl (C=O) groups excluding carboxylic acids is 1. The van der Waals surface area contributed by atoms with Gasteiger partial charge < -0.3 is 14.8 Å². The minimum Gasteiger partial charge on any atom is -0.493 e. The van der Waals surface area contributed by atoms with E-state index in [0.717, 1.165) is 5.56 Å². The van der Waals surface area contributed by atoms with Gasteiger partial charge in [-0.25, -0.2) is 0 Å². The smallest absolute Gasteiger partial charge is 0.282 e. The zero-order valence-corrected chi connectivity index (χ0v) is 13.0. The fraction of sp³-hybridized carbons (Fsp3) is 0.188. The van der Waals surface area contributed by atoms with Crippen molar-refractivity contribution < 1.29 is 19.2 Å². The Bertz CT molecular complexity index is 758. The summed E-state index contributed by atoms with van der Waals surface area (Å²) in [6, 6.07) is 9.11. The van der Waals surface area contributed by atoms with Crippen LogP contribution in [0.25, 0.3) is 0 Å². The molecule has 1 amide bonds. The van der Waals surface area contributed by atoms with Crippen LogP contribution in [0.2, 0.25) is 0 Å². The summed E-state index contributed by atoms with van der Waals surface area (Å²) in [5.74, 6) is 0.428. The van der Waals surface area contributed by atoms with Gasteiger partial charge in [0, 0.05) is 17.8 Å². The summed E-state index contributed by atoms with van der Waals surface area (Å²) in [4.78, 5) is 22.8. The second-order valence-corrected chi connectivity index (χ2v) is 4.75. The van der Waals surface area contributed by atoms with Crippen LogP contribution >= 0.6 is 0 Å². The lowest BCUT2D eigenvalue weighted by molar-refractivity contribution is -0.385. The van der Waals surface area contributed by atoms with Crippen molar-refractivity contribution >= 4 is 17.3 Å². The maximum absolute atomic E-state index is 12.4. The van der Waals surface area contributed by atoms with Crippen LogP contribution < -0.4 is 14.8 Å². The number of nitro groups is 1. The standard InChI is InChI=1S/C16H16N2O5/c1-10-8-14(22-2)15(23-3)9-12(10)17-16(19)11-6-4-5-7-13(11)18(20)21/h4-9H,1-3H3,(H,17,19). The van der Waals surface area contributed by atoms with Gasteiger partial charge in [-0.05, 0) is 24.6 Å². The molecule has 0 aliphatic carbocycles. The molecule has 0 bridgehead atoms. The molecule has 0 unspecified atom stereocenters. The first kappa shape index (κ1) is 16.3. The number of nitrogens with one attached hydrogen (secondary N) is 1. The normalized spacial score (nSPS) is 10.0. The summed E-state index contributed by atoms with van der Waals surface area (Å²) in [6.07, 6.45) is 0. The monoisotopic (exact) mass is 316 g/mol. The van der Waals surface area contributed by atoms with E-state index in [2.05, 4.69) is 5.32 Å². The molecule has 2 aromatic rings. The third-order valence-corrected chi connectivity index (χ3v) is 3.32. The Hall–Kier alpha value is -3.09. The molecular formula is C16H16N2O5. The maximum Gasteiger partial charge on any atom is 0.282 e. The molecular weight excluding hydrogens is 300 g/mol. The number of methoxy groups -OCH3 is 2. The van der Waals surface area contributed by atoms with Crippen LogP contribution in [-0.4, -0.2) is 25.1 Å². The average molecular weight is 316 g/mol. The number of benzene rings is 2. The van der Waals surface area contributed by atoms with E-state index in [1.165, 1.54) is 32.4 Å². The molecule has 7 heteroatoms. The van der Waals surface area contributed by atoms with E-state index in [0.29, 0.717) is 17.2 Å². The highest BCUT2D eigenvalue weighted by Crippen LogP contribution is 2.33. The zero-order chi connectivity index (χ0) is 17.0. The highest BCUT2D eigenvalue weighted by atomic mass is 16.6. The van der Waals surface area contributed by atoms with Crippen molar-refractivity contribution in [3.8, 4) is 11.5 Å². The second kappa shape index (κ2) is 6.78. The Labute approximate surface area is 133 Å². The van der Waals surface area contributed by atoms with Gasteiger partial charge in [0.1, 0.15) is 5.56 Å². The lowest BCUT2D eigenvalue weighted by Gasteiger charge is -2.13. The number of anilines is 1. The van der Waals surface area contributed by atoms with Crippen molar-refractivity contribution in [2.45, 2.75) is 6.92 Å². The molecule has 0 aliphatic heterocycles. The number of hydrogen-bond donors (Lipinski definition) is 1. The predicted octanol–water partition coefficient (Wildman–Crippen LogP) is 3.17. The first-order valence-corrected chi connectivity index (χ1v) is 6.75. The van der Waals surface area contributed by atoms with Crippen LogP contribution in [0.4, 0.5) is 11.4 Å². The molecule has 2 aromatic carbocycles. The van der Waals surface area contributed by atoms with Crippen molar-refractivity contribution in [3.05, 3.63) is 57.6 Å². The summed E-state index contributed by atoms with van der Waals surface area (Å²) in [5.41, 5.74) is 0.982. The number of nitro benzene ring substituents is 1. The molecule has 120 valence electrons. The quantitative estimate of drug-likeness (QED) is 0.676. The van der Waals surface area contributed by atoms with E-state index in [4.69, 9.17) is 9.47 Å². The van der Waals surface area contributed by atoms with Crippen LogP contribution in [0.15, 0.2) is 36.4 Å². The van der Waals surface area contributed by atoms with Gasteiger partial charge in [0.2, 0.25) is 0 Å². The van der Waals surface area contributed by atoms with E-state index in [1.807, 2.05) is 0 Å². The third-order valence-electron chi connectivity index (χ3n) is 3.32. The molecule has 0 aromatic heterocycles. The zero-order valence-electron chi connectivity index (χ0n) is 13.0. The van der Waals surface area contributed by atoms with Crippen molar-refractivity contribution in [3.63, 3.8) is 0 Å². The molecule has 7 nitrogen and oxygen atoms in total. The molecule has 1 N–H and O–H groups in total. The van der Waals surface area contributed by atoms with Gasteiger partial charge in [-0.15, -0.1) is 0 Å². The molecule has 2 rings (SSSR count). The van der Waals surface area contributed by atoms with Crippen LogP contribution in [0.1, 0.15) is 15.9 Å². The SMILES string of the molecule is COc1cc(C)c(NC(=O)c2ccccc2[N+](=O)[O-])cc1OC. The van der Waals surface area contributed by atoms with E-state index >= 15 is 0 Å². The van der Waals surface area contributed by atoms with E-state index in [-0.39, 0.29) is 11.3 Å². The van der Waals surface area contributed by atoms with E-state index in [1.54, 1.807) is 25.1 Å². The fourth-order valence-corrected chi connectivity index (χ4v) is 2.13. The van der Waals surface area contributed by atoms with Gasteiger partial charge in [-0.2, -0.15) is 0 Å². The number of rotatable bonds is 5. The van der Waals surface area contributed by atoms with Gasteiger partial charge in [-0.3, -0.25) is 14.9 Å². The number of hydrogen-bond acceptors (Lipinski definition) is 5. The average Bonchev–Trinajstić information content (AvgIpc) is 2.56. The molecule has 0 heterocycles. The molecule has 0 radical (unpaired) electrons. The summed E-state index contributed by atoms with van der Waals surface area (Å²) < 4.78 is 10.4. The van der Waals surface area contributed by atoms with Crippen LogP contribution in [0.3, 0.4) is 0 Å². The first-order valence-electron chi connectivity index (χ1n) is 6.75. The lowest BCUT2D eigenvalue weighted by atomic mass is 10.1. The van der Waals surface area contributed by atoms with Gasteiger partial charge >= 0.3 is 0 Å². The minimum atomic E-state index is -0.587. The van der Waals surface area contributed by atoms with Gasteiger partial charge in [0.25, 0.3) is 11.6 Å². The Morgan fingerprint density at radius 1 is 1.13 bits per heavy atom. The topological polar surface area (TPSA) is 90.7 Å². The number of carbonyl (C=O) groups is 1. The number of nitrogens with zero attached hydrogens (tertiary/aromatic N) is 1. The molecule has 0 saturated carbocycles. The second-order valence-electron chi connectivity index (χ2n) is 4.75. The van der Waals surface area contributed by atoms with E-state index in [9.17, 15) is 14.9 Å². The summed E-state index contributed by atoms with van der Waals surface area (Å²) >= 11 is 0. The van der Waals surface area contributed by atoms with Crippen molar-refractivity contribution in [2.24, 2.45) is 0 Å². The molecule has 0 spiro atoms. The Balaban J connectivity index is 2.36. The van der Waals surface area contributed by atoms with Crippen LogP contribution in [0.5, 0.6) is 11.5 Å². The van der Waals surface area contributed by atoms with Crippen LogP contribution in [0, 0.1) is 17.0 Å². The van der Waals surface area contributed by atoms with Gasteiger partial charge in [0.15, 0.2) is 11.5 Å². The first-order chi connectivity index (χ1) is 11.0. The minimum absolute atomic E-state index is 0.00770. The van der Waals surface area contributed by atoms with Crippen molar-refractivity contribution in [1.29, 1.82) is 0 Å². The Kier molecular flexibility index (Phi) is 4.80. The van der Waals surface area contributed by atoms with Gasteiger partial charge in [-0.1, -0.05) is 12.1 Å². The van der Waals surface area contributed by atoms with Crippen molar-refractivity contribution in [1.82, 2.24) is 0 Å². The third kappa shape index (κ3) is 3.39. The summed E-state index contributed by atoms with van der Waals surface area (Å²) in [6.45, 7) is 1.79. The number of aryl methyl sites for hydroxylation is 1. The van der Waals surface area contributed by atoms with Gasteiger partial charge in [0.05, 0.1) is 19.1 Å². The largest absolute Gasteiger partial charge is 0.493 e. The fourth-order valence-electron chi connectivity index (χ4n) is 2.13. The number of ether oxygens (including phenoxy) is 2. The predicted molar refractivity (Wildman–Crippen MR) is 85.3 cm³/mol. The van der Waals surface area contributed by atoms with E-state index < -0.39 is 10.8 Å². The Morgan fingerprint density at radius 3 is 2.35 bits per heavy atom. The Morgan fingerprint density at radius 2 is 1.74 bits per heavy atom. The number of para-hydroxylation sites is 1. The molecule has 0 atom stereocenters. The number of amides is 1. The van der Waals surface area contributed by atoms with Crippen LogP contribution in [-0.2, 0) is 0 Å². The van der Waals surface area contributed by atoms with Crippen molar-refractivity contribution in [2.75, 3.05) is 19.5 Å². The lowest BCUT2D eigenvalue weighted by Crippen LogP contribution is -2.14. The maximum atomic E-state index is 12.4. The summed E-state index contributed by atoms with van der Waals surface area (Å²) in [7, 11) is 3.00. The molecule has 0 saturated heterocycles.